The van der Waals surface area contributed by atoms with Crippen LogP contribution in [0.25, 0.3) is 11.1 Å². The summed E-state index contributed by atoms with van der Waals surface area (Å²) in [4.78, 5) is 30.5. The van der Waals surface area contributed by atoms with Gasteiger partial charge >= 0.3 is 0 Å². The Labute approximate surface area is 252 Å². The van der Waals surface area contributed by atoms with Crippen molar-refractivity contribution in [3.05, 3.63) is 132 Å². The van der Waals surface area contributed by atoms with Crippen LogP contribution in [0.1, 0.15) is 37.8 Å². The fourth-order valence-corrected chi connectivity index (χ4v) is 9.55. The SMILES string of the molecule is CCC1(S(=O)(=O)c2ccccc2)C(=O)N(c2ccccc2)C(=O)C1C1(C)C(c2ccccc2)=C(c2ccccc2)CC1O. The molecular weight excluding hydrogens is 558 g/mol. The lowest BCUT2D eigenvalue weighted by Crippen LogP contribution is -2.56. The van der Waals surface area contributed by atoms with Gasteiger partial charge in [-0.2, -0.15) is 0 Å². The van der Waals surface area contributed by atoms with E-state index in [1.165, 1.54) is 12.1 Å². The molecule has 4 aromatic carbocycles. The van der Waals surface area contributed by atoms with E-state index in [2.05, 4.69) is 0 Å². The van der Waals surface area contributed by atoms with Crippen molar-refractivity contribution < 1.29 is 23.1 Å². The highest BCUT2D eigenvalue weighted by Gasteiger charge is 2.73. The number of amides is 2. The maximum Gasteiger partial charge on any atom is 0.256 e. The first-order valence-corrected chi connectivity index (χ1v) is 15.9. The minimum absolute atomic E-state index is 0.0393. The normalized spacial score (nSPS) is 25.9. The van der Waals surface area contributed by atoms with Crippen molar-refractivity contribution in [1.82, 2.24) is 0 Å². The van der Waals surface area contributed by atoms with Gasteiger partial charge < -0.3 is 5.11 Å². The van der Waals surface area contributed by atoms with Crippen LogP contribution in [0.4, 0.5) is 5.69 Å². The Balaban J connectivity index is 1.69. The third kappa shape index (κ3) is 4.13. The summed E-state index contributed by atoms with van der Waals surface area (Å²) in [6.45, 7) is 3.40. The zero-order chi connectivity index (χ0) is 30.4. The number of benzene rings is 4. The van der Waals surface area contributed by atoms with E-state index >= 15 is 0 Å². The standard InChI is InChI=1S/C36H33NO5S/c1-3-36(43(41,42)28-22-14-7-15-23-28)32(33(39)37(34(36)40)27-20-12-6-13-21-27)35(2)30(38)24-29(25-16-8-4-9-17-25)31(35)26-18-10-5-11-19-26/h4-23,30,32,38H,3,24H2,1-2H3. The molecule has 0 aromatic heterocycles. The predicted molar refractivity (Wildman–Crippen MR) is 168 cm³/mol. The zero-order valence-corrected chi connectivity index (χ0v) is 24.9. The van der Waals surface area contributed by atoms with Gasteiger partial charge in [0.25, 0.3) is 5.91 Å². The summed E-state index contributed by atoms with van der Waals surface area (Å²) in [5.74, 6) is -2.86. The molecule has 1 aliphatic heterocycles. The number of rotatable bonds is 7. The molecule has 1 N–H and O–H groups in total. The van der Waals surface area contributed by atoms with Crippen LogP contribution in [-0.4, -0.2) is 36.2 Å². The van der Waals surface area contributed by atoms with Crippen LogP contribution in [0.5, 0.6) is 0 Å². The van der Waals surface area contributed by atoms with Crippen LogP contribution in [0.15, 0.2) is 126 Å². The lowest BCUT2D eigenvalue weighted by molar-refractivity contribution is -0.125. The monoisotopic (exact) mass is 591 g/mol. The summed E-state index contributed by atoms with van der Waals surface area (Å²) in [7, 11) is -4.46. The largest absolute Gasteiger partial charge is 0.392 e. The summed E-state index contributed by atoms with van der Waals surface area (Å²) in [5.41, 5.74) is 1.98. The van der Waals surface area contributed by atoms with Crippen LogP contribution < -0.4 is 4.90 Å². The molecule has 7 heteroatoms. The molecule has 0 bridgehead atoms. The molecule has 43 heavy (non-hydrogen) atoms. The molecule has 2 amide bonds. The van der Waals surface area contributed by atoms with Crippen LogP contribution in [0.3, 0.4) is 0 Å². The van der Waals surface area contributed by atoms with E-state index < -0.39 is 43.8 Å². The van der Waals surface area contributed by atoms with Crippen LogP contribution in [0.2, 0.25) is 0 Å². The maximum atomic E-state index is 14.8. The fourth-order valence-electron chi connectivity index (χ4n) is 7.26. The number of aliphatic hydroxyl groups is 1. The van der Waals surface area contributed by atoms with Crippen molar-refractivity contribution in [1.29, 1.82) is 0 Å². The highest BCUT2D eigenvalue weighted by molar-refractivity contribution is 7.93. The second-order valence-electron chi connectivity index (χ2n) is 11.4. The van der Waals surface area contributed by atoms with Crippen LogP contribution in [-0.2, 0) is 19.4 Å². The molecule has 1 heterocycles. The number of aliphatic hydroxyl groups excluding tert-OH is 1. The van der Waals surface area contributed by atoms with Gasteiger partial charge in [-0.15, -0.1) is 0 Å². The molecule has 4 unspecified atom stereocenters. The number of anilines is 1. The topological polar surface area (TPSA) is 91.8 Å². The van der Waals surface area contributed by atoms with Crippen LogP contribution in [0, 0.1) is 11.3 Å². The number of carbonyl (C=O) groups excluding carboxylic acids is 2. The highest BCUT2D eigenvalue weighted by atomic mass is 32.2. The second kappa shape index (κ2) is 10.7. The van der Waals surface area contributed by atoms with Crippen molar-refractivity contribution in [3.63, 3.8) is 0 Å². The Bertz CT molecular complexity index is 1810. The summed E-state index contributed by atoms with van der Waals surface area (Å²) < 4.78 is 27.5. The minimum atomic E-state index is -4.46. The Morgan fingerprint density at radius 3 is 1.79 bits per heavy atom. The molecule has 218 valence electrons. The molecule has 0 radical (unpaired) electrons. The number of para-hydroxylation sites is 1. The number of hydrogen-bond donors (Lipinski definition) is 1. The molecule has 0 spiro atoms. The van der Waals surface area contributed by atoms with Gasteiger partial charge in [-0.1, -0.05) is 111 Å². The van der Waals surface area contributed by atoms with Gasteiger partial charge in [-0.25, -0.2) is 13.3 Å². The van der Waals surface area contributed by atoms with Crippen molar-refractivity contribution >= 4 is 38.5 Å². The average molecular weight is 592 g/mol. The molecule has 1 fully saturated rings. The van der Waals surface area contributed by atoms with Gasteiger partial charge in [0.1, 0.15) is 0 Å². The number of carbonyl (C=O) groups is 2. The molecule has 1 saturated heterocycles. The third-order valence-electron chi connectivity index (χ3n) is 9.29. The third-order valence-corrected chi connectivity index (χ3v) is 11.8. The molecule has 4 aromatic rings. The van der Waals surface area contributed by atoms with Crippen molar-refractivity contribution in [2.24, 2.45) is 11.3 Å². The lowest BCUT2D eigenvalue weighted by Gasteiger charge is -2.43. The smallest absolute Gasteiger partial charge is 0.256 e. The fraction of sp³-hybridized carbons (Fsp3) is 0.222. The van der Waals surface area contributed by atoms with E-state index in [0.717, 1.165) is 21.6 Å². The second-order valence-corrected chi connectivity index (χ2v) is 13.6. The molecule has 1 aliphatic carbocycles. The number of sulfone groups is 1. The van der Waals surface area contributed by atoms with E-state index in [1.807, 2.05) is 60.7 Å². The quantitative estimate of drug-likeness (QED) is 0.259. The van der Waals surface area contributed by atoms with E-state index in [9.17, 15) is 23.1 Å². The summed E-state index contributed by atoms with van der Waals surface area (Å²) in [6, 6.07) is 35.3. The zero-order valence-electron chi connectivity index (χ0n) is 24.1. The van der Waals surface area contributed by atoms with Gasteiger partial charge in [0.15, 0.2) is 14.6 Å². The van der Waals surface area contributed by atoms with E-state index in [4.69, 9.17) is 0 Å². The maximum absolute atomic E-state index is 14.8. The Morgan fingerprint density at radius 1 is 0.767 bits per heavy atom. The summed E-state index contributed by atoms with van der Waals surface area (Å²) >= 11 is 0. The Kier molecular flexibility index (Phi) is 7.19. The average Bonchev–Trinajstić information content (AvgIpc) is 3.45. The number of nitrogens with zero attached hydrogens (tertiary/aromatic N) is 1. The number of hydrogen-bond acceptors (Lipinski definition) is 5. The molecular formula is C36H33NO5S. The van der Waals surface area contributed by atoms with E-state index in [0.29, 0.717) is 11.3 Å². The van der Waals surface area contributed by atoms with Crippen molar-refractivity contribution in [2.45, 2.75) is 42.4 Å². The van der Waals surface area contributed by atoms with Crippen molar-refractivity contribution in [3.8, 4) is 0 Å². The molecule has 0 saturated carbocycles. The number of imide groups is 1. The van der Waals surface area contributed by atoms with E-state index in [1.54, 1.807) is 62.4 Å². The minimum Gasteiger partial charge on any atom is -0.392 e. The molecule has 6 rings (SSSR count). The van der Waals surface area contributed by atoms with Crippen LogP contribution >= 0.6 is 0 Å². The first kappa shape index (κ1) is 28.8. The van der Waals surface area contributed by atoms with Gasteiger partial charge in [0.05, 0.1) is 22.6 Å². The molecule has 6 nitrogen and oxygen atoms in total. The Morgan fingerprint density at radius 2 is 1.26 bits per heavy atom. The first-order valence-electron chi connectivity index (χ1n) is 14.4. The van der Waals surface area contributed by atoms with Gasteiger partial charge in [-0.3, -0.25) is 9.59 Å². The molecule has 4 atom stereocenters. The van der Waals surface area contributed by atoms with Gasteiger partial charge in [-0.05, 0) is 53.0 Å². The van der Waals surface area contributed by atoms with Crippen molar-refractivity contribution in [2.75, 3.05) is 4.90 Å². The van der Waals surface area contributed by atoms with E-state index in [-0.39, 0.29) is 17.7 Å². The van der Waals surface area contributed by atoms with Gasteiger partial charge in [0, 0.05) is 11.8 Å². The first-order chi connectivity index (χ1) is 20.7. The van der Waals surface area contributed by atoms with Gasteiger partial charge in [0.2, 0.25) is 5.91 Å². The lowest BCUT2D eigenvalue weighted by atomic mass is 9.63. The summed E-state index contributed by atoms with van der Waals surface area (Å²) in [5, 5.41) is 12.1. The summed E-state index contributed by atoms with van der Waals surface area (Å²) in [6.07, 6.45) is -1.11. The predicted octanol–water partition coefficient (Wildman–Crippen LogP) is 6.18. The molecule has 2 aliphatic rings. The Hall–Kier alpha value is -4.33. The highest BCUT2D eigenvalue weighted by Crippen LogP contribution is 2.62.